The number of hydrazone groups is 1. The summed E-state index contributed by atoms with van der Waals surface area (Å²) in [5.41, 5.74) is 2.28. The number of aromatic nitrogens is 1. The van der Waals surface area contributed by atoms with Gasteiger partial charge in [-0.3, -0.25) is 15.5 Å². The van der Waals surface area contributed by atoms with Gasteiger partial charge in [-0.1, -0.05) is 17.7 Å². The number of benzene rings is 1. The Labute approximate surface area is 118 Å². The van der Waals surface area contributed by atoms with Crippen molar-refractivity contribution in [2.75, 3.05) is 5.43 Å². The third-order valence-electron chi connectivity index (χ3n) is 2.33. The highest BCUT2D eigenvalue weighted by Crippen LogP contribution is 2.32. The Kier molecular flexibility index (Phi) is 4.11. The minimum absolute atomic E-state index is 0.132. The van der Waals surface area contributed by atoms with Crippen LogP contribution in [0.15, 0.2) is 41.6 Å². The highest BCUT2D eigenvalue weighted by Gasteiger charge is 2.17. The van der Waals surface area contributed by atoms with E-state index in [4.69, 9.17) is 11.6 Å². The molecule has 0 aliphatic heterocycles. The van der Waals surface area contributed by atoms with Crippen LogP contribution in [0, 0.1) is 10.1 Å². The molecule has 20 heavy (non-hydrogen) atoms. The first-order valence-electron chi connectivity index (χ1n) is 5.45. The van der Waals surface area contributed by atoms with E-state index in [1.807, 2.05) is 0 Å². The fourth-order valence-electron chi connectivity index (χ4n) is 1.44. The van der Waals surface area contributed by atoms with Gasteiger partial charge in [0.25, 0.3) is 0 Å². The van der Waals surface area contributed by atoms with Gasteiger partial charge < -0.3 is 5.11 Å². The maximum absolute atomic E-state index is 10.7. The Bertz CT molecular complexity index is 661. The van der Waals surface area contributed by atoms with E-state index in [2.05, 4.69) is 15.5 Å². The quantitative estimate of drug-likeness (QED) is 0.512. The molecule has 1 aromatic heterocycles. The number of hydrogen-bond acceptors (Lipinski definition) is 6. The molecule has 0 bridgehead atoms. The molecule has 0 saturated heterocycles. The third-order valence-corrected chi connectivity index (χ3v) is 2.55. The number of pyridine rings is 1. The van der Waals surface area contributed by atoms with E-state index >= 15 is 0 Å². The van der Waals surface area contributed by atoms with Crippen LogP contribution in [-0.4, -0.2) is 21.2 Å². The summed E-state index contributed by atoms with van der Waals surface area (Å²) in [5, 5.41) is 24.5. The Morgan fingerprint density at radius 3 is 2.90 bits per heavy atom. The predicted molar refractivity (Wildman–Crippen MR) is 75.2 cm³/mol. The molecule has 0 amide bonds. The molecule has 2 rings (SSSR count). The van der Waals surface area contributed by atoms with Crippen LogP contribution in [0.4, 0.5) is 11.5 Å². The Hall–Kier alpha value is -2.67. The van der Waals surface area contributed by atoms with Crippen molar-refractivity contribution in [1.29, 1.82) is 0 Å². The molecule has 0 atom stereocenters. The summed E-state index contributed by atoms with van der Waals surface area (Å²) in [5.74, 6) is 0.00531. The van der Waals surface area contributed by atoms with Gasteiger partial charge >= 0.3 is 5.69 Å². The van der Waals surface area contributed by atoms with E-state index in [9.17, 15) is 15.2 Å². The van der Waals surface area contributed by atoms with Crippen LogP contribution in [0.2, 0.25) is 5.02 Å². The molecule has 7 nitrogen and oxygen atoms in total. The SMILES string of the molecule is O=[N+]([O-])c1cc(Cl)cc(/C=N/Nc2ccccn2)c1O. The fourth-order valence-corrected chi connectivity index (χ4v) is 1.66. The number of aromatic hydroxyl groups is 1. The molecule has 0 fully saturated rings. The molecule has 0 unspecified atom stereocenters. The normalized spacial score (nSPS) is 10.7. The fraction of sp³-hybridized carbons (Fsp3) is 0. The lowest BCUT2D eigenvalue weighted by Crippen LogP contribution is -1.95. The molecular weight excluding hydrogens is 284 g/mol. The molecule has 1 aromatic carbocycles. The van der Waals surface area contributed by atoms with E-state index in [0.29, 0.717) is 5.82 Å². The molecule has 0 saturated carbocycles. The van der Waals surface area contributed by atoms with E-state index in [0.717, 1.165) is 6.07 Å². The van der Waals surface area contributed by atoms with Crippen molar-refractivity contribution in [1.82, 2.24) is 4.98 Å². The summed E-state index contributed by atoms with van der Waals surface area (Å²) >= 11 is 5.75. The molecule has 0 radical (unpaired) electrons. The maximum Gasteiger partial charge on any atom is 0.312 e. The second-order valence-electron chi connectivity index (χ2n) is 3.70. The molecule has 1 heterocycles. The van der Waals surface area contributed by atoms with Gasteiger partial charge in [0.05, 0.1) is 11.1 Å². The zero-order chi connectivity index (χ0) is 14.5. The largest absolute Gasteiger partial charge is 0.502 e. The van der Waals surface area contributed by atoms with Crippen molar-refractivity contribution in [3.63, 3.8) is 0 Å². The molecule has 2 N–H and O–H groups in total. The molecule has 8 heteroatoms. The van der Waals surface area contributed by atoms with Crippen LogP contribution in [0.5, 0.6) is 5.75 Å². The number of nitrogens with zero attached hydrogens (tertiary/aromatic N) is 3. The Morgan fingerprint density at radius 1 is 1.45 bits per heavy atom. The smallest absolute Gasteiger partial charge is 0.312 e. The molecular formula is C12H9ClN4O3. The average molecular weight is 293 g/mol. The number of halogens is 1. The molecule has 0 aliphatic rings. The minimum atomic E-state index is -0.718. The van der Waals surface area contributed by atoms with Crippen LogP contribution in [0.3, 0.4) is 0 Å². The number of hydrogen-bond donors (Lipinski definition) is 2. The summed E-state index contributed by atoms with van der Waals surface area (Å²) in [4.78, 5) is 14.0. The number of anilines is 1. The van der Waals surface area contributed by atoms with E-state index < -0.39 is 16.4 Å². The van der Waals surface area contributed by atoms with Crippen LogP contribution in [0.1, 0.15) is 5.56 Å². The summed E-state index contributed by atoms with van der Waals surface area (Å²) in [6.07, 6.45) is 2.81. The molecule has 102 valence electrons. The van der Waals surface area contributed by atoms with Gasteiger partial charge in [-0.05, 0) is 18.2 Å². The van der Waals surface area contributed by atoms with E-state index in [1.165, 1.54) is 12.3 Å². The minimum Gasteiger partial charge on any atom is -0.502 e. The molecule has 2 aromatic rings. The lowest BCUT2D eigenvalue weighted by molar-refractivity contribution is -0.385. The van der Waals surface area contributed by atoms with Crippen LogP contribution >= 0.6 is 11.6 Å². The first-order valence-corrected chi connectivity index (χ1v) is 5.82. The molecule has 0 spiro atoms. The van der Waals surface area contributed by atoms with Gasteiger partial charge in [0.1, 0.15) is 5.82 Å². The number of phenolic OH excluding ortho intramolecular Hbond substituents is 1. The topological polar surface area (TPSA) is 101 Å². The monoisotopic (exact) mass is 292 g/mol. The summed E-state index contributed by atoms with van der Waals surface area (Å²) < 4.78 is 0. The van der Waals surface area contributed by atoms with Crippen molar-refractivity contribution in [2.45, 2.75) is 0 Å². The predicted octanol–water partition coefficient (Wildman–Crippen LogP) is 2.79. The number of nitro groups is 1. The second-order valence-corrected chi connectivity index (χ2v) is 4.14. The number of rotatable bonds is 4. The third kappa shape index (κ3) is 3.21. The van der Waals surface area contributed by atoms with Gasteiger partial charge in [-0.2, -0.15) is 5.10 Å². The van der Waals surface area contributed by atoms with Gasteiger partial charge in [-0.25, -0.2) is 4.98 Å². The zero-order valence-electron chi connectivity index (χ0n) is 10.0. The van der Waals surface area contributed by atoms with Gasteiger partial charge in [-0.15, -0.1) is 0 Å². The van der Waals surface area contributed by atoms with Gasteiger partial charge in [0.15, 0.2) is 0 Å². The first-order chi connectivity index (χ1) is 9.58. The zero-order valence-corrected chi connectivity index (χ0v) is 10.8. The molecule has 0 aliphatic carbocycles. The Morgan fingerprint density at radius 2 is 2.25 bits per heavy atom. The van der Waals surface area contributed by atoms with E-state index in [1.54, 1.807) is 24.4 Å². The lowest BCUT2D eigenvalue weighted by Gasteiger charge is -2.02. The Balaban J connectivity index is 2.23. The van der Waals surface area contributed by atoms with Crippen molar-refractivity contribution >= 4 is 29.3 Å². The van der Waals surface area contributed by atoms with Gasteiger partial charge in [0, 0.05) is 22.8 Å². The van der Waals surface area contributed by atoms with Crippen LogP contribution in [0.25, 0.3) is 0 Å². The van der Waals surface area contributed by atoms with Crippen molar-refractivity contribution in [3.05, 3.63) is 57.2 Å². The second kappa shape index (κ2) is 5.98. The number of phenols is 1. The van der Waals surface area contributed by atoms with Crippen molar-refractivity contribution in [3.8, 4) is 5.75 Å². The van der Waals surface area contributed by atoms with Crippen molar-refractivity contribution < 1.29 is 10.0 Å². The van der Waals surface area contributed by atoms with Crippen LogP contribution in [-0.2, 0) is 0 Å². The van der Waals surface area contributed by atoms with Gasteiger partial charge in [0.2, 0.25) is 5.75 Å². The highest BCUT2D eigenvalue weighted by atomic mass is 35.5. The highest BCUT2D eigenvalue weighted by molar-refractivity contribution is 6.31. The van der Waals surface area contributed by atoms with E-state index in [-0.39, 0.29) is 10.6 Å². The first kappa shape index (κ1) is 13.8. The standard InChI is InChI=1S/C12H9ClN4O3/c13-9-5-8(12(18)10(6-9)17(19)20)7-15-16-11-3-1-2-4-14-11/h1-7,18H,(H,14,16)/b15-7+. The average Bonchev–Trinajstić information content (AvgIpc) is 2.43. The number of nitrogens with one attached hydrogen (secondary N) is 1. The summed E-state index contributed by atoms with van der Waals surface area (Å²) in [6.45, 7) is 0. The van der Waals surface area contributed by atoms with Crippen molar-refractivity contribution in [2.24, 2.45) is 5.10 Å². The summed E-state index contributed by atoms with van der Waals surface area (Å²) in [7, 11) is 0. The summed E-state index contributed by atoms with van der Waals surface area (Å²) in [6, 6.07) is 7.65. The number of nitro benzene ring substituents is 1. The maximum atomic E-state index is 10.7. The van der Waals surface area contributed by atoms with Crippen LogP contribution < -0.4 is 5.43 Å². The lowest BCUT2D eigenvalue weighted by atomic mass is 10.2.